The second kappa shape index (κ2) is 10.9. The molecule has 3 fully saturated rings. The Bertz CT molecular complexity index is 1250. The van der Waals surface area contributed by atoms with Crippen molar-refractivity contribution >= 4 is 40.6 Å². The predicted octanol–water partition coefficient (Wildman–Crippen LogP) is 5.01. The Morgan fingerprint density at radius 2 is 2.02 bits per heavy atom. The molecule has 1 amide bonds. The van der Waals surface area contributed by atoms with Crippen LogP contribution in [0.15, 0.2) is 24.4 Å². The molecule has 0 radical (unpaired) electrons. The fourth-order valence-electron chi connectivity index (χ4n) is 6.95. The topological polar surface area (TPSA) is 94.6 Å². The number of likely N-dealkylation sites (N-methyl/N-ethyl adjacent to an activating group) is 1. The summed E-state index contributed by atoms with van der Waals surface area (Å²) in [6.07, 6.45) is 3.55. The maximum atomic E-state index is 13.4. The van der Waals surface area contributed by atoms with Gasteiger partial charge in [-0.05, 0) is 77.1 Å². The molecule has 4 atom stereocenters. The summed E-state index contributed by atoms with van der Waals surface area (Å²) in [6, 6.07) is 6.18. The van der Waals surface area contributed by atoms with E-state index in [2.05, 4.69) is 71.7 Å². The summed E-state index contributed by atoms with van der Waals surface area (Å²) in [4.78, 5) is 27.1. The summed E-state index contributed by atoms with van der Waals surface area (Å²) in [6.45, 7) is 14.2. The van der Waals surface area contributed by atoms with Gasteiger partial charge in [0.05, 0.1) is 29.9 Å². The third-order valence-corrected chi connectivity index (χ3v) is 9.59. The van der Waals surface area contributed by atoms with Crippen molar-refractivity contribution in [3.8, 4) is 5.75 Å². The average Bonchev–Trinajstić information content (AvgIpc) is 2.88. The normalized spacial score (nSPS) is 26.6. The maximum Gasteiger partial charge on any atom is 0.229 e. The molecule has 0 unspecified atom stereocenters. The summed E-state index contributed by atoms with van der Waals surface area (Å²) in [7, 11) is 4.17. The van der Waals surface area contributed by atoms with Gasteiger partial charge >= 0.3 is 0 Å². The fourth-order valence-corrected chi connectivity index (χ4v) is 7.09. The van der Waals surface area contributed by atoms with Crippen LogP contribution in [0.2, 0.25) is 5.02 Å². The molecule has 40 heavy (non-hydrogen) atoms. The zero-order valence-corrected chi connectivity index (χ0v) is 25.6. The molecule has 3 aliphatic carbocycles. The molecule has 0 spiro atoms. The number of fused-ring (bicyclic) bond motifs is 3. The van der Waals surface area contributed by atoms with E-state index in [1.807, 2.05) is 26.0 Å². The van der Waals surface area contributed by atoms with E-state index in [4.69, 9.17) is 21.3 Å². The van der Waals surface area contributed by atoms with Gasteiger partial charge < -0.3 is 30.5 Å². The van der Waals surface area contributed by atoms with Gasteiger partial charge in [0.2, 0.25) is 11.9 Å². The van der Waals surface area contributed by atoms with E-state index in [0.717, 1.165) is 49.6 Å². The number of carbonyl (C=O) groups is 1. The predicted molar refractivity (Wildman–Crippen MR) is 162 cm³/mol. The molecule has 2 bridgehead atoms. The monoisotopic (exact) mass is 569 g/mol. The molecular formula is C30H44ClN7O2. The summed E-state index contributed by atoms with van der Waals surface area (Å²) in [5, 5.41) is 10.6. The Kier molecular flexibility index (Phi) is 7.83. The zero-order valence-electron chi connectivity index (χ0n) is 24.8. The smallest absolute Gasteiger partial charge is 0.229 e. The van der Waals surface area contributed by atoms with Gasteiger partial charge in [0.1, 0.15) is 17.4 Å². The number of nitrogens with zero attached hydrogens (tertiary/aromatic N) is 4. The van der Waals surface area contributed by atoms with E-state index in [0.29, 0.717) is 35.2 Å². The second-order valence-corrected chi connectivity index (χ2v) is 13.4. The standard InChI is InChI=1S/C30H44ClN7O2/c1-18(2)33-27(39)21-14-19-15-25(29(19,3)4)30(21,5)36-26-22(31)17-32-28(35-26)34-20-8-9-23-24(16-20)40-13-12-38(23)11-10-37(6)7/h8-9,16-19,21,25H,10-15H2,1-7H3,(H,33,39)(H2,32,34,35,36)/t19-,21-,25-,30+/m1/s1. The Morgan fingerprint density at radius 1 is 1.25 bits per heavy atom. The summed E-state index contributed by atoms with van der Waals surface area (Å²) < 4.78 is 5.99. The van der Waals surface area contributed by atoms with Crippen molar-refractivity contribution in [2.45, 2.75) is 59.0 Å². The largest absolute Gasteiger partial charge is 0.489 e. The van der Waals surface area contributed by atoms with Gasteiger partial charge in [-0.25, -0.2) is 4.98 Å². The second-order valence-electron chi connectivity index (χ2n) is 13.0. The first-order valence-corrected chi connectivity index (χ1v) is 14.8. The highest BCUT2D eigenvalue weighted by Gasteiger charge is 2.65. The number of halogens is 1. The van der Waals surface area contributed by atoms with Crippen LogP contribution in [0.4, 0.5) is 23.1 Å². The molecule has 4 aliphatic rings. The van der Waals surface area contributed by atoms with E-state index in [-0.39, 0.29) is 23.3 Å². The Balaban J connectivity index is 1.37. The summed E-state index contributed by atoms with van der Waals surface area (Å²) in [5.41, 5.74) is 1.57. The van der Waals surface area contributed by atoms with Crippen LogP contribution in [0.5, 0.6) is 5.75 Å². The van der Waals surface area contributed by atoms with Crippen LogP contribution >= 0.6 is 11.6 Å². The number of hydrogen-bond donors (Lipinski definition) is 3. The number of ether oxygens (including phenoxy) is 1. The molecule has 2 aromatic rings. The van der Waals surface area contributed by atoms with E-state index in [9.17, 15) is 4.79 Å². The number of hydrogen-bond acceptors (Lipinski definition) is 8. The molecule has 1 aliphatic heterocycles. The minimum absolute atomic E-state index is 0.0853. The number of rotatable bonds is 9. The lowest BCUT2D eigenvalue weighted by Gasteiger charge is -2.66. The number of nitrogens with one attached hydrogen (secondary N) is 3. The molecule has 1 aromatic heterocycles. The highest BCUT2D eigenvalue weighted by molar-refractivity contribution is 6.32. The quantitative estimate of drug-likeness (QED) is 0.388. The minimum Gasteiger partial charge on any atom is -0.489 e. The SMILES string of the molecule is CC(C)NC(=O)[C@H]1C[C@@H]2C[C@H](C2(C)C)[C@@]1(C)Nc1nc(Nc2ccc3c(c2)OCCN3CCN(C)C)ncc1Cl. The van der Waals surface area contributed by atoms with Crippen LogP contribution in [0.3, 0.4) is 0 Å². The van der Waals surface area contributed by atoms with Crippen molar-refractivity contribution in [3.63, 3.8) is 0 Å². The third-order valence-electron chi connectivity index (χ3n) is 9.31. The first-order valence-electron chi connectivity index (χ1n) is 14.4. The van der Waals surface area contributed by atoms with Gasteiger partial charge in [-0.2, -0.15) is 4.98 Å². The first kappa shape index (κ1) is 28.7. The molecule has 2 heterocycles. The number of anilines is 4. The van der Waals surface area contributed by atoms with Gasteiger partial charge in [0.25, 0.3) is 0 Å². The van der Waals surface area contributed by atoms with E-state index < -0.39 is 5.54 Å². The molecule has 3 N–H and O–H groups in total. The van der Waals surface area contributed by atoms with Gasteiger partial charge in [0, 0.05) is 30.9 Å². The van der Waals surface area contributed by atoms with Crippen molar-refractivity contribution in [1.29, 1.82) is 0 Å². The van der Waals surface area contributed by atoms with Crippen molar-refractivity contribution in [2.24, 2.45) is 23.2 Å². The Labute approximate surface area is 243 Å². The molecule has 9 nitrogen and oxygen atoms in total. The number of amides is 1. The van der Waals surface area contributed by atoms with Gasteiger partial charge in [-0.15, -0.1) is 0 Å². The molecule has 3 saturated carbocycles. The number of aromatic nitrogens is 2. The molecule has 10 heteroatoms. The van der Waals surface area contributed by atoms with Gasteiger partial charge in [-0.1, -0.05) is 25.4 Å². The summed E-state index contributed by atoms with van der Waals surface area (Å²) in [5.74, 6) is 2.58. The lowest BCUT2D eigenvalue weighted by atomic mass is 9.40. The first-order chi connectivity index (χ1) is 18.9. The van der Waals surface area contributed by atoms with Crippen molar-refractivity contribution in [2.75, 3.05) is 55.9 Å². The Hall–Kier alpha value is -2.78. The molecule has 0 saturated heterocycles. The van der Waals surface area contributed by atoms with Crippen LogP contribution in [0.25, 0.3) is 0 Å². The molecular weight excluding hydrogens is 526 g/mol. The van der Waals surface area contributed by atoms with Crippen molar-refractivity contribution < 1.29 is 9.53 Å². The highest BCUT2D eigenvalue weighted by atomic mass is 35.5. The lowest BCUT2D eigenvalue weighted by molar-refractivity contribution is -0.156. The van der Waals surface area contributed by atoms with Crippen LogP contribution in [-0.4, -0.2) is 72.7 Å². The molecule has 218 valence electrons. The maximum absolute atomic E-state index is 13.4. The Morgan fingerprint density at radius 3 is 2.73 bits per heavy atom. The third kappa shape index (κ3) is 5.42. The number of benzene rings is 1. The van der Waals surface area contributed by atoms with Gasteiger partial charge in [0.15, 0.2) is 5.82 Å². The van der Waals surface area contributed by atoms with Gasteiger partial charge in [-0.3, -0.25) is 4.79 Å². The van der Waals surface area contributed by atoms with E-state index >= 15 is 0 Å². The van der Waals surface area contributed by atoms with Crippen LogP contribution in [0.1, 0.15) is 47.5 Å². The van der Waals surface area contributed by atoms with Crippen molar-refractivity contribution in [3.05, 3.63) is 29.4 Å². The van der Waals surface area contributed by atoms with E-state index in [1.165, 1.54) is 0 Å². The molecule has 1 aromatic carbocycles. The highest BCUT2D eigenvalue weighted by Crippen LogP contribution is 2.65. The van der Waals surface area contributed by atoms with Crippen LogP contribution < -0.4 is 25.6 Å². The average molecular weight is 570 g/mol. The van der Waals surface area contributed by atoms with E-state index in [1.54, 1.807) is 6.20 Å². The van der Waals surface area contributed by atoms with Crippen LogP contribution in [-0.2, 0) is 4.79 Å². The summed E-state index contributed by atoms with van der Waals surface area (Å²) >= 11 is 6.64. The zero-order chi connectivity index (χ0) is 28.8. The minimum atomic E-state index is -0.498. The fraction of sp³-hybridized carbons (Fsp3) is 0.633. The molecule has 6 rings (SSSR count). The van der Waals surface area contributed by atoms with Crippen LogP contribution in [0, 0.1) is 23.2 Å². The number of carbonyl (C=O) groups excluding carboxylic acids is 1. The van der Waals surface area contributed by atoms with Crippen molar-refractivity contribution in [1.82, 2.24) is 20.2 Å². The lowest BCUT2D eigenvalue weighted by Crippen LogP contribution is -2.69.